The third-order valence-corrected chi connectivity index (χ3v) is 3.90. The Labute approximate surface area is 143 Å². The maximum Gasteiger partial charge on any atom is 0.329 e. The molecule has 0 saturated heterocycles. The second-order valence-corrected chi connectivity index (χ2v) is 5.46. The molecule has 0 unspecified atom stereocenters. The van der Waals surface area contributed by atoms with Gasteiger partial charge in [-0.15, -0.1) is 0 Å². The number of nitrogens with one attached hydrogen (secondary N) is 1. The Hall–Kier alpha value is -2.86. The summed E-state index contributed by atoms with van der Waals surface area (Å²) in [6, 6.07) is 14.6. The topological polar surface area (TPSA) is 77.3 Å². The Morgan fingerprint density at radius 3 is 2.58 bits per heavy atom. The van der Waals surface area contributed by atoms with E-state index in [-0.39, 0.29) is 10.8 Å². The highest BCUT2D eigenvalue weighted by Crippen LogP contribution is 2.37. The van der Waals surface area contributed by atoms with E-state index >= 15 is 0 Å². The van der Waals surface area contributed by atoms with Gasteiger partial charge in [-0.1, -0.05) is 41.9 Å². The lowest BCUT2D eigenvalue weighted by Gasteiger charge is -2.11. The Morgan fingerprint density at radius 1 is 1.21 bits per heavy atom. The number of nitrogens with zero attached hydrogens (tertiary/aromatic N) is 2. The number of benzene rings is 2. The first-order valence-electron chi connectivity index (χ1n) is 7.19. The van der Waals surface area contributed by atoms with Gasteiger partial charge in [0.25, 0.3) is 0 Å². The average molecular weight is 344 g/mol. The molecule has 1 heterocycles. The van der Waals surface area contributed by atoms with Crippen LogP contribution in [0.25, 0.3) is 10.9 Å². The second-order valence-electron chi connectivity index (χ2n) is 5.10. The van der Waals surface area contributed by atoms with Crippen molar-refractivity contribution in [1.29, 1.82) is 0 Å². The quantitative estimate of drug-likeness (QED) is 0.421. The number of methoxy groups -OCH3 is 1. The molecule has 0 aliphatic carbocycles. The fourth-order valence-corrected chi connectivity index (χ4v) is 2.71. The van der Waals surface area contributed by atoms with Crippen LogP contribution in [0.2, 0.25) is 5.15 Å². The average Bonchev–Trinajstić information content (AvgIpc) is 2.59. The van der Waals surface area contributed by atoms with Crippen molar-refractivity contribution < 1.29 is 9.66 Å². The van der Waals surface area contributed by atoms with Crippen LogP contribution in [0.1, 0.15) is 5.56 Å². The molecular formula is C17H14ClN3O3. The van der Waals surface area contributed by atoms with E-state index in [9.17, 15) is 10.1 Å². The van der Waals surface area contributed by atoms with E-state index in [4.69, 9.17) is 16.3 Å². The van der Waals surface area contributed by atoms with E-state index < -0.39 is 4.92 Å². The van der Waals surface area contributed by atoms with Gasteiger partial charge in [0, 0.05) is 11.9 Å². The van der Waals surface area contributed by atoms with Crippen LogP contribution in [-0.2, 0) is 6.54 Å². The monoisotopic (exact) mass is 343 g/mol. The number of hydrogen-bond donors (Lipinski definition) is 1. The van der Waals surface area contributed by atoms with Crippen molar-refractivity contribution in [3.63, 3.8) is 0 Å². The van der Waals surface area contributed by atoms with E-state index in [1.807, 2.05) is 30.3 Å². The van der Waals surface area contributed by atoms with Gasteiger partial charge in [0.05, 0.1) is 17.5 Å². The summed E-state index contributed by atoms with van der Waals surface area (Å²) in [6.07, 6.45) is 0. The summed E-state index contributed by atoms with van der Waals surface area (Å²) >= 11 is 6.02. The van der Waals surface area contributed by atoms with Gasteiger partial charge in [-0.2, -0.15) is 0 Å². The lowest BCUT2D eigenvalue weighted by Crippen LogP contribution is -2.05. The molecule has 122 valence electrons. The summed E-state index contributed by atoms with van der Waals surface area (Å²) in [6.45, 7) is 0.412. The molecule has 0 radical (unpaired) electrons. The van der Waals surface area contributed by atoms with Crippen molar-refractivity contribution in [3.8, 4) is 5.75 Å². The molecule has 6 nitrogen and oxygen atoms in total. The standard InChI is InChI=1S/C17H14ClN3O3/c1-24-12-8-6-11(7-9-12)10-19-15-13-4-2-3-5-14(13)20-17(18)16(15)21(22)23/h2-9H,10H2,1H3,(H,19,20). The number of ether oxygens (including phenoxy) is 1. The van der Waals surface area contributed by atoms with Crippen molar-refractivity contribution in [2.75, 3.05) is 12.4 Å². The lowest BCUT2D eigenvalue weighted by atomic mass is 10.1. The minimum absolute atomic E-state index is 0.129. The van der Waals surface area contributed by atoms with Gasteiger partial charge in [-0.3, -0.25) is 10.1 Å². The number of aromatic nitrogens is 1. The van der Waals surface area contributed by atoms with Crippen LogP contribution in [0.15, 0.2) is 48.5 Å². The molecule has 24 heavy (non-hydrogen) atoms. The predicted molar refractivity (Wildman–Crippen MR) is 93.7 cm³/mol. The van der Waals surface area contributed by atoms with E-state index in [1.165, 1.54) is 0 Å². The van der Waals surface area contributed by atoms with Crippen molar-refractivity contribution in [2.24, 2.45) is 0 Å². The predicted octanol–water partition coefficient (Wildman–Crippen LogP) is 4.42. The molecule has 0 spiro atoms. The van der Waals surface area contributed by atoms with E-state index in [0.29, 0.717) is 23.1 Å². The summed E-state index contributed by atoms with van der Waals surface area (Å²) < 4.78 is 5.12. The summed E-state index contributed by atoms with van der Waals surface area (Å²) in [4.78, 5) is 15.0. The minimum atomic E-state index is -0.516. The van der Waals surface area contributed by atoms with Crippen LogP contribution < -0.4 is 10.1 Å². The molecule has 0 atom stereocenters. The first-order valence-corrected chi connectivity index (χ1v) is 7.57. The fourth-order valence-electron chi connectivity index (χ4n) is 2.45. The molecule has 0 bridgehead atoms. The summed E-state index contributed by atoms with van der Waals surface area (Å²) in [5.41, 5.74) is 1.71. The summed E-state index contributed by atoms with van der Waals surface area (Å²) in [5, 5.41) is 15.1. The van der Waals surface area contributed by atoms with E-state index in [1.54, 1.807) is 25.3 Å². The maximum absolute atomic E-state index is 11.4. The third kappa shape index (κ3) is 3.09. The Bertz CT molecular complexity index is 897. The highest BCUT2D eigenvalue weighted by Gasteiger charge is 2.23. The zero-order valence-corrected chi connectivity index (χ0v) is 13.6. The molecular weight excluding hydrogens is 330 g/mol. The largest absolute Gasteiger partial charge is 0.497 e. The highest BCUT2D eigenvalue weighted by atomic mass is 35.5. The van der Waals surface area contributed by atoms with E-state index in [2.05, 4.69) is 10.3 Å². The fraction of sp³-hybridized carbons (Fsp3) is 0.118. The SMILES string of the molecule is COc1ccc(CNc2c([N+](=O)[O-])c(Cl)nc3ccccc23)cc1. The molecule has 3 rings (SSSR count). The number of rotatable bonds is 5. The van der Waals surface area contributed by atoms with Crippen LogP contribution in [0.5, 0.6) is 5.75 Å². The Balaban J connectivity index is 2.00. The first kappa shape index (κ1) is 16.0. The number of hydrogen-bond acceptors (Lipinski definition) is 5. The highest BCUT2D eigenvalue weighted by molar-refractivity contribution is 6.33. The van der Waals surface area contributed by atoms with Crippen molar-refractivity contribution in [1.82, 2.24) is 4.98 Å². The summed E-state index contributed by atoms with van der Waals surface area (Å²) in [5.74, 6) is 0.752. The van der Waals surface area contributed by atoms with Gasteiger partial charge >= 0.3 is 5.69 Å². The van der Waals surface area contributed by atoms with Crippen LogP contribution in [-0.4, -0.2) is 17.0 Å². The molecule has 0 aliphatic heterocycles. The van der Waals surface area contributed by atoms with Gasteiger partial charge in [0.2, 0.25) is 5.15 Å². The van der Waals surface area contributed by atoms with Crippen molar-refractivity contribution in [2.45, 2.75) is 6.54 Å². The van der Waals surface area contributed by atoms with Crippen LogP contribution in [0.3, 0.4) is 0 Å². The van der Waals surface area contributed by atoms with Gasteiger partial charge in [-0.05, 0) is 23.8 Å². The number of fused-ring (bicyclic) bond motifs is 1. The minimum Gasteiger partial charge on any atom is -0.497 e. The molecule has 0 aliphatic rings. The number of anilines is 1. The Morgan fingerprint density at radius 2 is 1.92 bits per heavy atom. The molecule has 3 aromatic rings. The van der Waals surface area contributed by atoms with Gasteiger partial charge in [0.1, 0.15) is 11.4 Å². The number of pyridine rings is 1. The maximum atomic E-state index is 11.4. The number of para-hydroxylation sites is 1. The number of halogens is 1. The second kappa shape index (κ2) is 6.72. The smallest absolute Gasteiger partial charge is 0.329 e. The van der Waals surface area contributed by atoms with Crippen molar-refractivity contribution in [3.05, 3.63) is 69.4 Å². The normalized spacial score (nSPS) is 10.6. The van der Waals surface area contributed by atoms with Gasteiger partial charge in [0.15, 0.2) is 0 Å². The van der Waals surface area contributed by atoms with Crippen LogP contribution >= 0.6 is 11.6 Å². The van der Waals surface area contributed by atoms with Gasteiger partial charge in [-0.25, -0.2) is 4.98 Å². The first-order chi connectivity index (χ1) is 11.6. The zero-order chi connectivity index (χ0) is 17.1. The summed E-state index contributed by atoms with van der Waals surface area (Å²) in [7, 11) is 1.60. The third-order valence-electron chi connectivity index (χ3n) is 3.64. The molecule has 2 aromatic carbocycles. The van der Waals surface area contributed by atoms with Crippen LogP contribution in [0, 0.1) is 10.1 Å². The van der Waals surface area contributed by atoms with Crippen molar-refractivity contribution >= 4 is 33.9 Å². The van der Waals surface area contributed by atoms with Crippen LogP contribution in [0.4, 0.5) is 11.4 Å². The van der Waals surface area contributed by atoms with Gasteiger partial charge < -0.3 is 10.1 Å². The lowest BCUT2D eigenvalue weighted by molar-refractivity contribution is -0.384. The molecule has 0 fully saturated rings. The molecule has 7 heteroatoms. The Kier molecular flexibility index (Phi) is 4.48. The molecule has 0 amide bonds. The molecule has 1 aromatic heterocycles. The number of nitro groups is 1. The zero-order valence-electron chi connectivity index (χ0n) is 12.8. The van der Waals surface area contributed by atoms with E-state index in [0.717, 1.165) is 11.3 Å². The molecule has 0 saturated carbocycles. The molecule has 1 N–H and O–H groups in total.